The van der Waals surface area contributed by atoms with Gasteiger partial charge in [0.25, 0.3) is 0 Å². The zero-order valence-electron chi connectivity index (χ0n) is 18.1. The van der Waals surface area contributed by atoms with Crippen molar-refractivity contribution in [3.8, 4) is 11.1 Å². The summed E-state index contributed by atoms with van der Waals surface area (Å²) in [4.78, 5) is 24.6. The standard InChI is InChI=1S/C26H31NO4/c1-2-18-8-7-14-26(15-13-18,24(28)29)17-27-25(30)31-16-23-21-11-5-3-9-19(21)20-10-4-6-12-22(20)23/h3-6,9-12,18,23H,2,7-8,13-17H2,1H3,(H,27,30)(H,28,29). The molecule has 2 aromatic rings. The molecule has 5 heteroatoms. The summed E-state index contributed by atoms with van der Waals surface area (Å²) in [5.74, 6) is -0.242. The van der Waals surface area contributed by atoms with Crippen LogP contribution in [0.5, 0.6) is 0 Å². The Bertz CT molecular complexity index is 910. The van der Waals surface area contributed by atoms with Crippen molar-refractivity contribution in [2.45, 2.75) is 51.4 Å². The van der Waals surface area contributed by atoms with Crippen LogP contribution in [0, 0.1) is 11.3 Å². The maximum Gasteiger partial charge on any atom is 0.407 e. The average molecular weight is 422 g/mol. The van der Waals surface area contributed by atoms with Gasteiger partial charge in [-0.15, -0.1) is 0 Å². The maximum absolute atomic E-state index is 12.5. The van der Waals surface area contributed by atoms with Crippen molar-refractivity contribution in [2.75, 3.05) is 13.2 Å². The molecule has 0 spiro atoms. The van der Waals surface area contributed by atoms with Crippen LogP contribution in [-0.2, 0) is 9.53 Å². The molecule has 0 radical (unpaired) electrons. The molecule has 4 rings (SSSR count). The topological polar surface area (TPSA) is 75.6 Å². The number of benzene rings is 2. The van der Waals surface area contributed by atoms with Crippen molar-refractivity contribution in [1.29, 1.82) is 0 Å². The minimum Gasteiger partial charge on any atom is -0.481 e. The van der Waals surface area contributed by atoms with Crippen LogP contribution in [0.4, 0.5) is 4.79 Å². The molecule has 2 unspecified atom stereocenters. The van der Waals surface area contributed by atoms with E-state index >= 15 is 0 Å². The van der Waals surface area contributed by atoms with Crippen molar-refractivity contribution >= 4 is 12.1 Å². The summed E-state index contributed by atoms with van der Waals surface area (Å²) in [7, 11) is 0. The Kier molecular flexibility index (Phi) is 6.30. The Morgan fingerprint density at radius 3 is 2.29 bits per heavy atom. The summed E-state index contributed by atoms with van der Waals surface area (Å²) in [6, 6.07) is 16.4. The van der Waals surface area contributed by atoms with Gasteiger partial charge >= 0.3 is 12.1 Å². The number of carbonyl (C=O) groups excluding carboxylic acids is 1. The Hall–Kier alpha value is -2.82. The van der Waals surface area contributed by atoms with Crippen molar-refractivity contribution in [2.24, 2.45) is 11.3 Å². The van der Waals surface area contributed by atoms with Gasteiger partial charge in [-0.2, -0.15) is 0 Å². The molecule has 2 aliphatic carbocycles. The lowest BCUT2D eigenvalue weighted by atomic mass is 9.80. The summed E-state index contributed by atoms with van der Waals surface area (Å²) < 4.78 is 5.59. The van der Waals surface area contributed by atoms with E-state index in [1.165, 1.54) is 11.1 Å². The second-order valence-corrected chi connectivity index (χ2v) is 8.97. The van der Waals surface area contributed by atoms with Crippen LogP contribution in [0.25, 0.3) is 11.1 Å². The first-order chi connectivity index (χ1) is 15.0. The first-order valence-electron chi connectivity index (χ1n) is 11.4. The van der Waals surface area contributed by atoms with Gasteiger partial charge in [-0.3, -0.25) is 4.79 Å². The van der Waals surface area contributed by atoms with Crippen LogP contribution in [0.2, 0.25) is 0 Å². The van der Waals surface area contributed by atoms with E-state index in [9.17, 15) is 14.7 Å². The molecular formula is C26H31NO4. The SMILES string of the molecule is CCC1CCCC(CNC(=O)OCC2c3ccccc3-c3ccccc32)(C(=O)O)CC1. The van der Waals surface area contributed by atoms with Crippen LogP contribution in [-0.4, -0.2) is 30.3 Å². The minimum absolute atomic E-state index is 0.00484. The van der Waals surface area contributed by atoms with E-state index in [-0.39, 0.29) is 19.1 Å². The lowest BCUT2D eigenvalue weighted by Gasteiger charge is -2.28. The summed E-state index contributed by atoms with van der Waals surface area (Å²) in [5, 5.41) is 12.7. The number of aliphatic carboxylic acids is 1. The van der Waals surface area contributed by atoms with E-state index in [1.54, 1.807) is 0 Å². The van der Waals surface area contributed by atoms with E-state index < -0.39 is 17.5 Å². The molecule has 2 aliphatic rings. The molecule has 5 nitrogen and oxygen atoms in total. The summed E-state index contributed by atoms with van der Waals surface area (Å²) in [5.41, 5.74) is 3.79. The molecule has 1 amide bonds. The van der Waals surface area contributed by atoms with E-state index in [4.69, 9.17) is 4.74 Å². The second-order valence-electron chi connectivity index (χ2n) is 8.97. The summed E-state index contributed by atoms with van der Waals surface area (Å²) in [6.45, 7) is 2.51. The zero-order chi connectivity index (χ0) is 21.8. The molecule has 2 aromatic carbocycles. The number of amides is 1. The van der Waals surface area contributed by atoms with Crippen molar-refractivity contribution in [3.05, 3.63) is 59.7 Å². The number of nitrogens with one attached hydrogen (secondary N) is 1. The summed E-state index contributed by atoms with van der Waals surface area (Å²) in [6.07, 6.45) is 4.59. The van der Waals surface area contributed by atoms with Gasteiger partial charge < -0.3 is 15.2 Å². The fourth-order valence-corrected chi connectivity index (χ4v) is 5.24. The molecule has 164 valence electrons. The second kappa shape index (κ2) is 9.13. The Morgan fingerprint density at radius 2 is 1.68 bits per heavy atom. The van der Waals surface area contributed by atoms with Crippen molar-refractivity contribution < 1.29 is 19.4 Å². The fourth-order valence-electron chi connectivity index (χ4n) is 5.24. The predicted molar refractivity (Wildman–Crippen MR) is 120 cm³/mol. The van der Waals surface area contributed by atoms with Gasteiger partial charge in [-0.1, -0.05) is 74.7 Å². The lowest BCUT2D eigenvalue weighted by molar-refractivity contribution is -0.149. The van der Waals surface area contributed by atoms with Crippen LogP contribution in [0.15, 0.2) is 48.5 Å². The predicted octanol–water partition coefficient (Wildman–Crippen LogP) is 5.59. The van der Waals surface area contributed by atoms with E-state index in [1.807, 2.05) is 24.3 Å². The summed E-state index contributed by atoms with van der Waals surface area (Å²) >= 11 is 0. The Labute approximate surface area is 183 Å². The monoisotopic (exact) mass is 421 g/mol. The van der Waals surface area contributed by atoms with Gasteiger partial charge in [0, 0.05) is 12.5 Å². The quantitative estimate of drug-likeness (QED) is 0.597. The minimum atomic E-state index is -0.893. The van der Waals surface area contributed by atoms with Gasteiger partial charge in [0.2, 0.25) is 0 Å². The number of rotatable bonds is 6. The number of hydrogen-bond donors (Lipinski definition) is 2. The van der Waals surface area contributed by atoms with Crippen LogP contribution in [0.3, 0.4) is 0 Å². The molecule has 2 atom stereocenters. The number of carboxylic acids is 1. The Balaban J connectivity index is 1.39. The van der Waals surface area contributed by atoms with Gasteiger partial charge in [-0.05, 0) is 47.4 Å². The molecule has 0 saturated heterocycles. The average Bonchev–Trinajstić information content (AvgIpc) is 2.94. The number of alkyl carbamates (subject to hydrolysis) is 1. The molecule has 1 saturated carbocycles. The highest BCUT2D eigenvalue weighted by molar-refractivity contribution is 5.79. The Morgan fingerprint density at radius 1 is 1.03 bits per heavy atom. The zero-order valence-corrected chi connectivity index (χ0v) is 18.1. The van der Waals surface area contributed by atoms with Gasteiger partial charge in [0.1, 0.15) is 6.61 Å². The third kappa shape index (κ3) is 4.32. The highest BCUT2D eigenvalue weighted by Crippen LogP contribution is 2.44. The largest absolute Gasteiger partial charge is 0.481 e. The third-order valence-corrected chi connectivity index (χ3v) is 7.24. The van der Waals surface area contributed by atoms with E-state index in [0.29, 0.717) is 18.8 Å². The number of carboxylic acid groups (broad SMARTS) is 1. The fraction of sp³-hybridized carbons (Fsp3) is 0.462. The molecule has 0 aliphatic heterocycles. The van der Waals surface area contributed by atoms with Crippen LogP contribution >= 0.6 is 0 Å². The number of hydrogen-bond acceptors (Lipinski definition) is 3. The van der Waals surface area contributed by atoms with E-state index in [0.717, 1.165) is 36.8 Å². The number of carbonyl (C=O) groups is 2. The number of fused-ring (bicyclic) bond motifs is 3. The van der Waals surface area contributed by atoms with Crippen molar-refractivity contribution in [3.63, 3.8) is 0 Å². The molecule has 0 heterocycles. The first-order valence-corrected chi connectivity index (χ1v) is 11.4. The maximum atomic E-state index is 12.5. The smallest absolute Gasteiger partial charge is 0.407 e. The molecule has 0 aromatic heterocycles. The molecule has 2 N–H and O–H groups in total. The van der Waals surface area contributed by atoms with Gasteiger partial charge in [0.05, 0.1) is 5.41 Å². The molecule has 1 fully saturated rings. The highest BCUT2D eigenvalue weighted by atomic mass is 16.5. The normalized spacial score (nSPS) is 22.8. The number of ether oxygens (including phenoxy) is 1. The lowest BCUT2D eigenvalue weighted by Crippen LogP contribution is -2.43. The molecular weight excluding hydrogens is 390 g/mol. The molecule has 0 bridgehead atoms. The molecule has 31 heavy (non-hydrogen) atoms. The van der Waals surface area contributed by atoms with Crippen LogP contribution < -0.4 is 5.32 Å². The van der Waals surface area contributed by atoms with Gasteiger partial charge in [-0.25, -0.2) is 4.79 Å². The van der Waals surface area contributed by atoms with Gasteiger partial charge in [0.15, 0.2) is 0 Å². The first kappa shape index (κ1) is 21.4. The highest BCUT2D eigenvalue weighted by Gasteiger charge is 2.40. The van der Waals surface area contributed by atoms with Crippen LogP contribution in [0.1, 0.15) is 62.5 Å². The third-order valence-electron chi connectivity index (χ3n) is 7.24. The van der Waals surface area contributed by atoms with Crippen molar-refractivity contribution in [1.82, 2.24) is 5.32 Å². The van der Waals surface area contributed by atoms with E-state index in [2.05, 4.69) is 36.5 Å².